The van der Waals surface area contributed by atoms with Crippen LogP contribution in [0.2, 0.25) is 0 Å². The first-order valence-electron chi connectivity index (χ1n) is 9.45. The van der Waals surface area contributed by atoms with E-state index in [-0.39, 0.29) is 5.78 Å². The molecule has 5 heteroatoms. The zero-order chi connectivity index (χ0) is 19.6. The van der Waals surface area contributed by atoms with Crippen molar-refractivity contribution in [3.8, 4) is 5.75 Å². The molecular formula is C23H23NO4. The minimum Gasteiger partial charge on any atom is -0.485 e. The Morgan fingerprint density at radius 2 is 2.07 bits per heavy atom. The van der Waals surface area contributed by atoms with E-state index in [0.717, 1.165) is 31.6 Å². The van der Waals surface area contributed by atoms with Crippen LogP contribution in [0.25, 0.3) is 6.08 Å². The molecule has 1 atom stereocenters. The largest absolute Gasteiger partial charge is 0.485 e. The van der Waals surface area contributed by atoms with Gasteiger partial charge in [0.1, 0.15) is 11.4 Å². The van der Waals surface area contributed by atoms with Crippen molar-refractivity contribution in [2.45, 2.75) is 25.0 Å². The Bertz CT molecular complexity index is 921. The van der Waals surface area contributed by atoms with Crippen LogP contribution in [0.1, 0.15) is 34.3 Å². The average molecular weight is 377 g/mol. The highest BCUT2D eigenvalue weighted by atomic mass is 16.5. The van der Waals surface area contributed by atoms with E-state index in [4.69, 9.17) is 4.74 Å². The van der Waals surface area contributed by atoms with Crippen molar-refractivity contribution in [3.63, 3.8) is 0 Å². The molecule has 0 aromatic heterocycles. The van der Waals surface area contributed by atoms with E-state index in [0.29, 0.717) is 17.7 Å². The number of fused-ring (bicyclic) bond motifs is 1. The molecule has 2 heterocycles. The molecule has 1 saturated heterocycles. The maximum absolute atomic E-state index is 12.8. The predicted molar refractivity (Wildman–Crippen MR) is 106 cm³/mol. The van der Waals surface area contributed by atoms with Crippen LogP contribution >= 0.6 is 0 Å². The number of esters is 1. The van der Waals surface area contributed by atoms with E-state index in [1.54, 1.807) is 12.1 Å². The number of Topliss-reactive ketones (excluding diaryl/α,β-unsaturated/α-hetero) is 1. The molecular weight excluding hydrogens is 354 g/mol. The van der Waals surface area contributed by atoms with Gasteiger partial charge in [0.05, 0.1) is 19.1 Å². The van der Waals surface area contributed by atoms with Gasteiger partial charge in [-0.2, -0.15) is 0 Å². The van der Waals surface area contributed by atoms with Crippen molar-refractivity contribution in [3.05, 3.63) is 71.3 Å². The molecule has 0 radical (unpaired) electrons. The number of nitrogens with zero attached hydrogens (tertiary/aromatic N) is 1. The second-order valence-electron chi connectivity index (χ2n) is 7.44. The number of ketones is 1. The summed E-state index contributed by atoms with van der Waals surface area (Å²) in [6.45, 7) is 2.53. The van der Waals surface area contributed by atoms with Crippen LogP contribution in [-0.4, -0.2) is 42.5 Å². The minimum atomic E-state index is -0.442. The number of likely N-dealkylation sites (tertiary alicyclic amines) is 1. The van der Waals surface area contributed by atoms with Crippen LogP contribution in [0.5, 0.6) is 5.75 Å². The lowest BCUT2D eigenvalue weighted by Crippen LogP contribution is -2.44. The van der Waals surface area contributed by atoms with E-state index in [9.17, 15) is 9.59 Å². The van der Waals surface area contributed by atoms with Crippen LogP contribution < -0.4 is 4.74 Å². The van der Waals surface area contributed by atoms with Gasteiger partial charge in [0.25, 0.3) is 0 Å². The Labute approximate surface area is 164 Å². The molecule has 2 aliphatic heterocycles. The summed E-state index contributed by atoms with van der Waals surface area (Å²) in [4.78, 5) is 26.5. The van der Waals surface area contributed by atoms with Gasteiger partial charge < -0.3 is 9.47 Å². The summed E-state index contributed by atoms with van der Waals surface area (Å²) in [6.07, 6.45) is 4.21. The van der Waals surface area contributed by atoms with E-state index in [2.05, 4.69) is 21.8 Å². The summed E-state index contributed by atoms with van der Waals surface area (Å²) in [7, 11) is 1.33. The lowest BCUT2D eigenvalue weighted by atomic mass is 9.88. The first-order valence-corrected chi connectivity index (χ1v) is 9.45. The molecule has 1 unspecified atom stereocenters. The van der Waals surface area contributed by atoms with Gasteiger partial charge in [0.2, 0.25) is 0 Å². The monoisotopic (exact) mass is 377 g/mol. The minimum absolute atomic E-state index is 0.0936. The van der Waals surface area contributed by atoms with Gasteiger partial charge in [0.15, 0.2) is 5.78 Å². The summed E-state index contributed by atoms with van der Waals surface area (Å²) in [6, 6.07) is 15.8. The molecule has 0 N–H and O–H groups in total. The number of methoxy groups -OCH3 is 1. The maximum atomic E-state index is 12.8. The Morgan fingerprint density at radius 1 is 1.25 bits per heavy atom. The van der Waals surface area contributed by atoms with Gasteiger partial charge in [-0.25, -0.2) is 4.79 Å². The van der Waals surface area contributed by atoms with Crippen molar-refractivity contribution in [2.24, 2.45) is 0 Å². The first kappa shape index (κ1) is 18.4. The third kappa shape index (κ3) is 3.85. The quantitative estimate of drug-likeness (QED) is 0.603. The van der Waals surface area contributed by atoms with Gasteiger partial charge in [-0.3, -0.25) is 9.69 Å². The number of hydrogen-bond acceptors (Lipinski definition) is 5. The maximum Gasteiger partial charge on any atom is 0.330 e. The lowest BCUT2D eigenvalue weighted by molar-refractivity contribution is -0.134. The molecule has 0 amide bonds. The third-order valence-electron chi connectivity index (χ3n) is 5.37. The van der Waals surface area contributed by atoms with Gasteiger partial charge in [-0.15, -0.1) is 0 Å². The highest BCUT2D eigenvalue weighted by molar-refractivity contribution is 6.01. The number of carbonyl (C=O) groups excluding carboxylic acids is 2. The van der Waals surface area contributed by atoms with Gasteiger partial charge >= 0.3 is 5.97 Å². The van der Waals surface area contributed by atoms with Gasteiger partial charge in [0, 0.05) is 32.1 Å². The number of benzene rings is 2. The van der Waals surface area contributed by atoms with Crippen LogP contribution in [0.3, 0.4) is 0 Å². The van der Waals surface area contributed by atoms with Crippen LogP contribution in [0, 0.1) is 0 Å². The molecule has 2 aromatic carbocycles. The molecule has 144 valence electrons. The summed E-state index contributed by atoms with van der Waals surface area (Å²) in [5.41, 5.74) is 2.18. The van der Waals surface area contributed by atoms with Crippen molar-refractivity contribution >= 4 is 17.8 Å². The molecule has 1 fully saturated rings. The first-order chi connectivity index (χ1) is 13.6. The van der Waals surface area contributed by atoms with Gasteiger partial charge in [-0.05, 0) is 29.3 Å². The Morgan fingerprint density at radius 3 is 2.86 bits per heavy atom. The molecule has 2 aliphatic rings. The molecule has 0 aliphatic carbocycles. The number of rotatable bonds is 4. The Hall–Kier alpha value is -2.92. The average Bonchev–Trinajstić information content (AvgIpc) is 3.08. The SMILES string of the molecule is COC(=O)C=Cc1ccc2c(c1)C(=O)CC1(CCN(Cc3ccccc3)C1)O2. The molecule has 1 spiro atoms. The van der Waals surface area contributed by atoms with Crippen molar-refractivity contribution in [1.82, 2.24) is 4.90 Å². The third-order valence-corrected chi connectivity index (χ3v) is 5.37. The van der Waals surface area contributed by atoms with Crippen molar-refractivity contribution < 1.29 is 19.1 Å². The number of hydrogen-bond donors (Lipinski definition) is 0. The molecule has 5 nitrogen and oxygen atoms in total. The van der Waals surface area contributed by atoms with E-state index < -0.39 is 11.6 Å². The molecule has 0 bridgehead atoms. The molecule has 0 saturated carbocycles. The Balaban J connectivity index is 1.48. The smallest absolute Gasteiger partial charge is 0.330 e. The van der Waals surface area contributed by atoms with E-state index >= 15 is 0 Å². The second kappa shape index (κ2) is 7.60. The topological polar surface area (TPSA) is 55.8 Å². The predicted octanol–water partition coefficient (Wildman–Crippen LogP) is 3.48. The second-order valence-corrected chi connectivity index (χ2v) is 7.44. The number of ether oxygens (including phenoxy) is 2. The van der Waals surface area contributed by atoms with Crippen molar-refractivity contribution in [1.29, 1.82) is 0 Å². The summed E-state index contributed by atoms with van der Waals surface area (Å²) < 4.78 is 10.9. The highest BCUT2D eigenvalue weighted by Crippen LogP contribution is 2.39. The summed E-state index contributed by atoms with van der Waals surface area (Å²) in [5, 5.41) is 0. The zero-order valence-electron chi connectivity index (χ0n) is 15.9. The standard InChI is InChI=1S/C23H23NO4/c1-27-22(26)10-8-17-7-9-21-19(13-17)20(25)14-23(28-21)11-12-24(16-23)15-18-5-3-2-4-6-18/h2-10,13H,11-12,14-16H2,1H3. The zero-order valence-corrected chi connectivity index (χ0v) is 15.9. The fourth-order valence-corrected chi connectivity index (χ4v) is 3.98. The fraction of sp³-hybridized carbons (Fsp3) is 0.304. The van der Waals surface area contributed by atoms with Crippen LogP contribution in [0.4, 0.5) is 0 Å². The normalized spacial score (nSPS) is 21.7. The highest BCUT2D eigenvalue weighted by Gasteiger charge is 2.45. The Kier molecular flexibility index (Phi) is 5.01. The van der Waals surface area contributed by atoms with Gasteiger partial charge in [-0.1, -0.05) is 36.4 Å². The van der Waals surface area contributed by atoms with Crippen LogP contribution in [-0.2, 0) is 16.1 Å². The summed E-state index contributed by atoms with van der Waals surface area (Å²) >= 11 is 0. The van der Waals surface area contributed by atoms with E-state index in [1.165, 1.54) is 18.7 Å². The number of carbonyl (C=O) groups is 2. The van der Waals surface area contributed by atoms with Crippen LogP contribution in [0.15, 0.2) is 54.6 Å². The molecule has 28 heavy (non-hydrogen) atoms. The summed E-state index contributed by atoms with van der Waals surface area (Å²) in [5.74, 6) is 0.299. The molecule has 2 aromatic rings. The fourth-order valence-electron chi connectivity index (χ4n) is 3.98. The van der Waals surface area contributed by atoms with Crippen molar-refractivity contribution in [2.75, 3.05) is 20.2 Å². The lowest BCUT2D eigenvalue weighted by Gasteiger charge is -2.35. The molecule has 4 rings (SSSR count). The van der Waals surface area contributed by atoms with E-state index in [1.807, 2.05) is 30.3 Å².